The molecule has 1 saturated carbocycles. The average Bonchev–Trinajstić information content (AvgIpc) is 3.30. The lowest BCUT2D eigenvalue weighted by Crippen LogP contribution is -2.55. The van der Waals surface area contributed by atoms with E-state index in [1.807, 2.05) is 6.07 Å². The molecular formula is C29H35FN2O2. The predicted molar refractivity (Wildman–Crippen MR) is 131 cm³/mol. The van der Waals surface area contributed by atoms with Crippen LogP contribution in [0, 0.1) is 25.1 Å². The van der Waals surface area contributed by atoms with Gasteiger partial charge in [-0.15, -0.1) is 0 Å². The van der Waals surface area contributed by atoms with Gasteiger partial charge in [0.2, 0.25) is 11.8 Å². The van der Waals surface area contributed by atoms with Gasteiger partial charge in [-0.1, -0.05) is 54.3 Å². The predicted octanol–water partition coefficient (Wildman–Crippen LogP) is 5.17. The van der Waals surface area contributed by atoms with Crippen LogP contribution in [0.5, 0.6) is 0 Å². The van der Waals surface area contributed by atoms with Crippen LogP contribution in [-0.4, -0.2) is 36.3 Å². The van der Waals surface area contributed by atoms with E-state index < -0.39 is 5.41 Å². The van der Waals surface area contributed by atoms with E-state index in [0.717, 1.165) is 44.1 Å². The maximum absolute atomic E-state index is 14.1. The van der Waals surface area contributed by atoms with Crippen LogP contribution in [0.1, 0.15) is 73.1 Å². The maximum atomic E-state index is 14.1. The molecule has 0 aromatic heterocycles. The van der Waals surface area contributed by atoms with Crippen LogP contribution in [-0.2, 0) is 15.0 Å². The Kier molecular flexibility index (Phi) is 5.99. The zero-order chi connectivity index (χ0) is 23.9. The number of benzene rings is 2. The van der Waals surface area contributed by atoms with E-state index in [0.29, 0.717) is 26.1 Å². The molecule has 2 saturated heterocycles. The highest BCUT2D eigenvalue weighted by Gasteiger charge is 2.50. The van der Waals surface area contributed by atoms with Crippen molar-refractivity contribution in [2.24, 2.45) is 5.41 Å². The van der Waals surface area contributed by atoms with Crippen LogP contribution in [0.4, 0.5) is 4.39 Å². The third-order valence-corrected chi connectivity index (χ3v) is 8.69. The molecule has 3 aliphatic rings. The molecule has 1 atom stereocenters. The molecule has 4 nitrogen and oxygen atoms in total. The molecule has 5 rings (SSSR count). The van der Waals surface area contributed by atoms with Gasteiger partial charge in [0.15, 0.2) is 0 Å². The molecule has 2 heterocycles. The molecule has 2 aromatic rings. The highest BCUT2D eigenvalue weighted by atomic mass is 19.1. The van der Waals surface area contributed by atoms with E-state index in [9.17, 15) is 14.0 Å². The number of hydrogen-bond donors (Lipinski definition) is 1. The van der Waals surface area contributed by atoms with Gasteiger partial charge >= 0.3 is 0 Å². The minimum atomic E-state index is -0.423. The van der Waals surface area contributed by atoms with Crippen molar-refractivity contribution in [2.45, 2.75) is 70.1 Å². The summed E-state index contributed by atoms with van der Waals surface area (Å²) in [4.78, 5) is 28.6. The normalized spacial score (nSPS) is 23.7. The topological polar surface area (TPSA) is 49.4 Å². The van der Waals surface area contributed by atoms with Crippen LogP contribution in [0.25, 0.3) is 0 Å². The van der Waals surface area contributed by atoms with Crippen molar-refractivity contribution in [1.29, 1.82) is 0 Å². The van der Waals surface area contributed by atoms with E-state index >= 15 is 0 Å². The number of amides is 2. The summed E-state index contributed by atoms with van der Waals surface area (Å²) in [6.07, 6.45) is 5.97. The van der Waals surface area contributed by atoms with Crippen LogP contribution in [0.3, 0.4) is 0 Å². The molecule has 2 amide bonds. The Morgan fingerprint density at radius 3 is 2.32 bits per heavy atom. The summed E-state index contributed by atoms with van der Waals surface area (Å²) in [5, 5.41) is 3.00. The van der Waals surface area contributed by atoms with Gasteiger partial charge < -0.3 is 10.2 Å². The minimum Gasteiger partial charge on any atom is -0.355 e. The lowest BCUT2D eigenvalue weighted by Gasteiger charge is -2.50. The van der Waals surface area contributed by atoms with Crippen molar-refractivity contribution < 1.29 is 14.0 Å². The number of nitrogens with one attached hydrogen (secondary N) is 1. The van der Waals surface area contributed by atoms with Crippen molar-refractivity contribution in [1.82, 2.24) is 10.2 Å². The molecule has 0 unspecified atom stereocenters. The average molecular weight is 463 g/mol. The first-order valence-corrected chi connectivity index (χ1v) is 12.7. The van der Waals surface area contributed by atoms with Crippen molar-refractivity contribution in [2.75, 3.05) is 19.6 Å². The van der Waals surface area contributed by atoms with E-state index in [1.165, 1.54) is 22.8 Å². The Morgan fingerprint density at radius 2 is 1.68 bits per heavy atom. The van der Waals surface area contributed by atoms with Gasteiger partial charge in [0, 0.05) is 32.0 Å². The summed E-state index contributed by atoms with van der Waals surface area (Å²) in [5.41, 5.74) is 3.88. The summed E-state index contributed by atoms with van der Waals surface area (Å²) in [6, 6.07) is 13.4. The first-order chi connectivity index (χ1) is 16.3. The Balaban J connectivity index is 1.40. The summed E-state index contributed by atoms with van der Waals surface area (Å²) in [7, 11) is 0. The molecule has 180 valence electrons. The van der Waals surface area contributed by atoms with Crippen molar-refractivity contribution in [3.63, 3.8) is 0 Å². The molecule has 2 aromatic carbocycles. The monoisotopic (exact) mass is 462 g/mol. The van der Waals surface area contributed by atoms with Crippen molar-refractivity contribution in [3.8, 4) is 0 Å². The lowest BCUT2D eigenvalue weighted by molar-refractivity contribution is -0.141. The molecule has 1 spiro atoms. The third-order valence-electron chi connectivity index (χ3n) is 8.69. The molecule has 0 bridgehead atoms. The molecule has 34 heavy (non-hydrogen) atoms. The zero-order valence-electron chi connectivity index (χ0n) is 20.3. The number of piperidine rings is 2. The summed E-state index contributed by atoms with van der Waals surface area (Å²) < 4.78 is 14.0. The second-order valence-electron chi connectivity index (χ2n) is 10.9. The van der Waals surface area contributed by atoms with Gasteiger partial charge in [0.1, 0.15) is 5.82 Å². The van der Waals surface area contributed by atoms with Gasteiger partial charge in [0.25, 0.3) is 0 Å². The van der Waals surface area contributed by atoms with Crippen LogP contribution < -0.4 is 5.32 Å². The summed E-state index contributed by atoms with van der Waals surface area (Å²) in [6.45, 7) is 6.06. The third kappa shape index (κ3) is 4.03. The Bertz CT molecular complexity index is 1080. The number of rotatable bonds is 3. The standard InChI is InChI=1S/C29H35FN2O2/c1-20-14-21(2)16-23(15-20)29(8-3-4-9-29)27(34)32-12-10-28(11-13-32)18-26(33)31-19-25(28)22-6-5-7-24(30)17-22/h5-7,14-17,25H,3-4,8-13,18-19H2,1-2H3,(H,31,33)/t25-/m1/s1. The van der Waals surface area contributed by atoms with Crippen molar-refractivity contribution >= 4 is 11.8 Å². The van der Waals surface area contributed by atoms with E-state index in [-0.39, 0.29) is 29.0 Å². The number of nitrogens with zero attached hydrogens (tertiary/aromatic N) is 1. The molecule has 3 fully saturated rings. The van der Waals surface area contributed by atoms with Gasteiger partial charge in [-0.3, -0.25) is 9.59 Å². The summed E-state index contributed by atoms with van der Waals surface area (Å²) in [5.74, 6) is 0.147. The summed E-state index contributed by atoms with van der Waals surface area (Å²) >= 11 is 0. The fourth-order valence-electron chi connectivity index (χ4n) is 6.97. The van der Waals surface area contributed by atoms with Gasteiger partial charge in [-0.2, -0.15) is 0 Å². The van der Waals surface area contributed by atoms with E-state index in [2.05, 4.69) is 42.3 Å². The molecule has 1 aliphatic carbocycles. The molecule has 2 aliphatic heterocycles. The first kappa shape index (κ1) is 23.1. The Hall–Kier alpha value is -2.69. The lowest BCUT2D eigenvalue weighted by atomic mass is 9.62. The second-order valence-corrected chi connectivity index (χ2v) is 10.9. The number of carbonyl (C=O) groups is 2. The largest absolute Gasteiger partial charge is 0.355 e. The fraction of sp³-hybridized carbons (Fsp3) is 0.517. The number of hydrogen-bond acceptors (Lipinski definition) is 2. The van der Waals surface area contributed by atoms with E-state index in [4.69, 9.17) is 0 Å². The smallest absolute Gasteiger partial charge is 0.233 e. The van der Waals surface area contributed by atoms with Crippen molar-refractivity contribution in [3.05, 3.63) is 70.5 Å². The quantitative estimate of drug-likeness (QED) is 0.684. The number of carbonyl (C=O) groups excluding carboxylic acids is 2. The maximum Gasteiger partial charge on any atom is 0.233 e. The molecular weight excluding hydrogens is 427 g/mol. The first-order valence-electron chi connectivity index (χ1n) is 12.7. The number of halogens is 1. The SMILES string of the molecule is Cc1cc(C)cc(C2(C(=O)N3CCC4(CC3)CC(=O)NC[C@@H]4c3cccc(F)c3)CCCC2)c1. The Labute approximate surface area is 201 Å². The molecule has 0 radical (unpaired) electrons. The number of likely N-dealkylation sites (tertiary alicyclic amines) is 1. The van der Waals surface area contributed by atoms with Crippen LogP contribution >= 0.6 is 0 Å². The van der Waals surface area contributed by atoms with Gasteiger partial charge in [-0.25, -0.2) is 4.39 Å². The fourth-order valence-corrected chi connectivity index (χ4v) is 6.97. The minimum absolute atomic E-state index is 0.0647. The highest BCUT2D eigenvalue weighted by molar-refractivity contribution is 5.89. The van der Waals surface area contributed by atoms with Gasteiger partial charge in [0.05, 0.1) is 5.41 Å². The highest BCUT2D eigenvalue weighted by Crippen LogP contribution is 2.50. The van der Waals surface area contributed by atoms with Crippen LogP contribution in [0.15, 0.2) is 42.5 Å². The molecule has 5 heteroatoms. The second kappa shape index (κ2) is 8.83. The van der Waals surface area contributed by atoms with Gasteiger partial charge in [-0.05, 0) is 68.2 Å². The number of aryl methyl sites for hydroxylation is 2. The Morgan fingerprint density at radius 1 is 1.00 bits per heavy atom. The zero-order valence-corrected chi connectivity index (χ0v) is 20.3. The van der Waals surface area contributed by atoms with Crippen LogP contribution in [0.2, 0.25) is 0 Å². The van der Waals surface area contributed by atoms with E-state index in [1.54, 1.807) is 12.1 Å². The molecule has 1 N–H and O–H groups in total.